The van der Waals surface area contributed by atoms with Crippen molar-refractivity contribution in [1.29, 1.82) is 0 Å². The Morgan fingerprint density at radius 2 is 2.41 bits per heavy atom. The maximum atomic E-state index is 13.3. The Balaban J connectivity index is 2.33. The maximum Gasteiger partial charge on any atom is 0.194 e. The molecule has 1 aliphatic heterocycles. The Labute approximate surface area is 108 Å². The molecule has 1 unspecified atom stereocenters. The van der Waals surface area contributed by atoms with Crippen LogP contribution in [0, 0.1) is 5.82 Å². The second-order valence-corrected chi connectivity index (χ2v) is 5.05. The van der Waals surface area contributed by atoms with E-state index in [9.17, 15) is 9.50 Å². The molecular formula is C12H15BrFNO2. The molecule has 17 heavy (non-hydrogen) atoms. The quantitative estimate of drug-likeness (QED) is 0.902. The van der Waals surface area contributed by atoms with Gasteiger partial charge >= 0.3 is 0 Å². The summed E-state index contributed by atoms with van der Waals surface area (Å²) in [5, 5.41) is 13.0. The lowest BCUT2D eigenvalue weighted by atomic mass is 10.0. The van der Waals surface area contributed by atoms with Gasteiger partial charge in [-0.2, -0.15) is 0 Å². The first-order chi connectivity index (χ1) is 8.13. The Hall–Kier alpha value is -0.810. The molecule has 5 heteroatoms. The molecule has 1 heterocycles. The van der Waals surface area contributed by atoms with E-state index >= 15 is 0 Å². The summed E-state index contributed by atoms with van der Waals surface area (Å²) in [7, 11) is 1.44. The zero-order chi connectivity index (χ0) is 12.4. The van der Waals surface area contributed by atoms with E-state index < -0.39 is 11.6 Å². The smallest absolute Gasteiger partial charge is 0.194 e. The molecule has 0 aromatic heterocycles. The predicted octanol–water partition coefficient (Wildman–Crippen LogP) is 2.60. The van der Waals surface area contributed by atoms with Crippen molar-refractivity contribution in [2.45, 2.75) is 25.3 Å². The molecule has 1 aromatic rings. The van der Waals surface area contributed by atoms with Gasteiger partial charge in [0, 0.05) is 16.1 Å². The van der Waals surface area contributed by atoms with Gasteiger partial charge in [0.25, 0.3) is 0 Å². The second-order valence-electron chi connectivity index (χ2n) is 4.20. The summed E-state index contributed by atoms with van der Waals surface area (Å²) in [4.78, 5) is 0. The number of phenols is 1. The molecule has 0 radical (unpaired) electrons. The minimum Gasteiger partial charge on any atom is -0.502 e. The van der Waals surface area contributed by atoms with Crippen LogP contribution in [0.2, 0.25) is 0 Å². The predicted molar refractivity (Wildman–Crippen MR) is 67.0 cm³/mol. The van der Waals surface area contributed by atoms with Crippen molar-refractivity contribution in [3.05, 3.63) is 21.9 Å². The number of methoxy groups -OCH3 is 1. The van der Waals surface area contributed by atoms with Gasteiger partial charge < -0.3 is 15.2 Å². The lowest BCUT2D eigenvalue weighted by Crippen LogP contribution is -2.24. The zero-order valence-electron chi connectivity index (χ0n) is 9.59. The molecule has 94 valence electrons. The fourth-order valence-electron chi connectivity index (χ4n) is 2.21. The molecule has 2 rings (SSSR count). The number of nitrogens with one attached hydrogen (secondary N) is 1. The Morgan fingerprint density at radius 3 is 3.00 bits per heavy atom. The summed E-state index contributed by atoms with van der Waals surface area (Å²) in [6, 6.07) is 1.65. The summed E-state index contributed by atoms with van der Waals surface area (Å²) in [6.07, 6.45) is 2.96. The van der Waals surface area contributed by atoms with Crippen molar-refractivity contribution in [2.24, 2.45) is 0 Å². The summed E-state index contributed by atoms with van der Waals surface area (Å²) >= 11 is 3.32. The topological polar surface area (TPSA) is 41.5 Å². The fraction of sp³-hybridized carbons (Fsp3) is 0.500. The minimum atomic E-state index is -0.670. The van der Waals surface area contributed by atoms with Crippen molar-refractivity contribution in [2.75, 3.05) is 13.7 Å². The summed E-state index contributed by atoms with van der Waals surface area (Å²) < 4.78 is 19.1. The van der Waals surface area contributed by atoms with E-state index in [1.807, 2.05) is 0 Å². The first kappa shape index (κ1) is 12.6. The molecule has 2 N–H and O–H groups in total. The molecular weight excluding hydrogens is 289 g/mol. The van der Waals surface area contributed by atoms with Crippen molar-refractivity contribution in [3.8, 4) is 11.5 Å². The van der Waals surface area contributed by atoms with Crippen molar-refractivity contribution in [1.82, 2.24) is 5.32 Å². The van der Waals surface area contributed by atoms with Crippen LogP contribution < -0.4 is 10.1 Å². The monoisotopic (exact) mass is 303 g/mol. The number of ether oxygens (including phenoxy) is 1. The Bertz CT molecular complexity index is 419. The number of phenolic OH excluding ortho intramolecular Hbond substituents is 1. The molecule has 0 aliphatic carbocycles. The van der Waals surface area contributed by atoms with Crippen LogP contribution in [0.15, 0.2) is 10.5 Å². The van der Waals surface area contributed by atoms with Crippen LogP contribution in [-0.2, 0) is 6.42 Å². The largest absolute Gasteiger partial charge is 0.502 e. The molecule has 1 atom stereocenters. The number of hydrogen-bond donors (Lipinski definition) is 2. The van der Waals surface area contributed by atoms with Gasteiger partial charge in [-0.25, -0.2) is 4.39 Å². The van der Waals surface area contributed by atoms with E-state index in [4.69, 9.17) is 4.74 Å². The highest BCUT2D eigenvalue weighted by molar-refractivity contribution is 9.10. The molecule has 1 aromatic carbocycles. The van der Waals surface area contributed by atoms with Gasteiger partial charge in [-0.15, -0.1) is 0 Å². The Morgan fingerprint density at radius 1 is 1.65 bits per heavy atom. The normalized spacial score (nSPS) is 19.6. The number of halogens is 2. The van der Waals surface area contributed by atoms with Gasteiger partial charge in [-0.3, -0.25) is 0 Å². The summed E-state index contributed by atoms with van der Waals surface area (Å²) in [5.74, 6) is -0.855. The molecule has 1 fully saturated rings. The average molecular weight is 304 g/mol. The molecule has 0 saturated carbocycles. The van der Waals surface area contributed by atoms with E-state index in [1.165, 1.54) is 13.2 Å². The lowest BCUT2D eigenvalue weighted by Gasteiger charge is -2.16. The van der Waals surface area contributed by atoms with E-state index in [0.717, 1.165) is 31.4 Å². The molecule has 0 bridgehead atoms. The van der Waals surface area contributed by atoms with Gasteiger partial charge in [-0.1, -0.05) is 15.9 Å². The molecule has 1 saturated heterocycles. The molecule has 3 nitrogen and oxygen atoms in total. The number of hydrogen-bond acceptors (Lipinski definition) is 3. The van der Waals surface area contributed by atoms with E-state index in [1.54, 1.807) is 0 Å². The van der Waals surface area contributed by atoms with Gasteiger partial charge in [0.05, 0.1) is 7.11 Å². The number of aromatic hydroxyl groups is 1. The van der Waals surface area contributed by atoms with Crippen LogP contribution in [0.1, 0.15) is 18.4 Å². The molecule has 0 spiro atoms. The van der Waals surface area contributed by atoms with Crippen LogP contribution in [0.5, 0.6) is 11.5 Å². The number of benzene rings is 1. The van der Waals surface area contributed by atoms with Crippen LogP contribution in [0.3, 0.4) is 0 Å². The van der Waals surface area contributed by atoms with Crippen molar-refractivity contribution >= 4 is 15.9 Å². The third-order valence-corrected chi connectivity index (χ3v) is 3.78. The summed E-state index contributed by atoms with van der Waals surface area (Å²) in [5.41, 5.74) is 0.811. The van der Waals surface area contributed by atoms with Crippen LogP contribution >= 0.6 is 15.9 Å². The highest BCUT2D eigenvalue weighted by Gasteiger charge is 2.22. The van der Waals surface area contributed by atoms with Gasteiger partial charge in [0.2, 0.25) is 0 Å². The van der Waals surface area contributed by atoms with E-state index in [2.05, 4.69) is 21.2 Å². The van der Waals surface area contributed by atoms with Crippen LogP contribution in [0.25, 0.3) is 0 Å². The fourth-order valence-corrected chi connectivity index (χ4v) is 2.76. The van der Waals surface area contributed by atoms with Gasteiger partial charge in [0.1, 0.15) is 0 Å². The SMILES string of the molecule is COc1c(O)c(F)cc(Br)c1CC1CCCN1. The van der Waals surface area contributed by atoms with Crippen molar-refractivity contribution < 1.29 is 14.2 Å². The maximum absolute atomic E-state index is 13.3. The average Bonchev–Trinajstić information content (AvgIpc) is 2.79. The summed E-state index contributed by atoms with van der Waals surface area (Å²) in [6.45, 7) is 1.01. The van der Waals surface area contributed by atoms with E-state index in [0.29, 0.717) is 10.5 Å². The van der Waals surface area contributed by atoms with Crippen LogP contribution in [-0.4, -0.2) is 24.8 Å². The van der Waals surface area contributed by atoms with Gasteiger partial charge in [-0.05, 0) is 31.9 Å². The second kappa shape index (κ2) is 5.23. The highest BCUT2D eigenvalue weighted by atomic mass is 79.9. The zero-order valence-corrected chi connectivity index (χ0v) is 11.2. The van der Waals surface area contributed by atoms with Crippen molar-refractivity contribution in [3.63, 3.8) is 0 Å². The van der Waals surface area contributed by atoms with Crippen LogP contribution in [0.4, 0.5) is 4.39 Å². The third kappa shape index (κ3) is 2.55. The lowest BCUT2D eigenvalue weighted by molar-refractivity contribution is 0.351. The Kier molecular flexibility index (Phi) is 3.89. The standard InChI is InChI=1S/C12H15BrFNO2/c1-17-12-8(5-7-3-2-4-15-7)9(13)6-10(14)11(12)16/h6-7,15-16H,2-5H2,1H3. The molecule has 0 amide bonds. The van der Waals surface area contributed by atoms with E-state index in [-0.39, 0.29) is 5.75 Å². The first-order valence-corrected chi connectivity index (χ1v) is 6.40. The first-order valence-electron chi connectivity index (χ1n) is 5.60. The number of rotatable bonds is 3. The van der Waals surface area contributed by atoms with Gasteiger partial charge in [0.15, 0.2) is 17.3 Å². The highest BCUT2D eigenvalue weighted by Crippen LogP contribution is 2.38. The molecule has 1 aliphatic rings. The minimum absolute atomic E-state index is 0.227. The third-order valence-electron chi connectivity index (χ3n) is 3.07.